The number of halogens is 3. The van der Waals surface area contributed by atoms with E-state index < -0.39 is 17.6 Å². The van der Waals surface area contributed by atoms with E-state index in [1.54, 1.807) is 6.08 Å². The summed E-state index contributed by atoms with van der Waals surface area (Å²) < 4.78 is 39.9. The summed E-state index contributed by atoms with van der Waals surface area (Å²) in [5, 5.41) is 5.43. The molecule has 4 nitrogen and oxygen atoms in total. The summed E-state index contributed by atoms with van der Waals surface area (Å²) in [5.41, 5.74) is -2.58. The first kappa shape index (κ1) is 21.7. The summed E-state index contributed by atoms with van der Waals surface area (Å²) in [6.45, 7) is 6.42. The Morgan fingerprint density at radius 3 is 2.47 bits per heavy atom. The van der Waals surface area contributed by atoms with Crippen LogP contribution in [-0.2, 0) is 9.59 Å². The van der Waals surface area contributed by atoms with Crippen molar-refractivity contribution in [3.63, 3.8) is 0 Å². The Hall–Kier alpha value is -1.53. The smallest absolute Gasteiger partial charge is 0.349 e. The number of amides is 2. The first-order valence-corrected chi connectivity index (χ1v) is 11.2. The van der Waals surface area contributed by atoms with Crippen LogP contribution in [0, 0.1) is 34.5 Å². The van der Waals surface area contributed by atoms with Crippen molar-refractivity contribution < 1.29 is 22.8 Å². The molecular weight excluding hydrogens is 393 g/mol. The predicted molar refractivity (Wildman–Crippen MR) is 107 cm³/mol. The van der Waals surface area contributed by atoms with Crippen LogP contribution in [-0.4, -0.2) is 29.6 Å². The van der Waals surface area contributed by atoms with E-state index in [1.165, 1.54) is 0 Å². The molecule has 3 aliphatic carbocycles. The fourth-order valence-electron chi connectivity index (χ4n) is 7.23. The Bertz CT molecular complexity index is 777. The van der Waals surface area contributed by atoms with Gasteiger partial charge in [-0.2, -0.15) is 13.2 Å². The van der Waals surface area contributed by atoms with Gasteiger partial charge in [-0.15, -0.1) is 0 Å². The van der Waals surface area contributed by atoms with E-state index in [4.69, 9.17) is 0 Å². The van der Waals surface area contributed by atoms with Crippen molar-refractivity contribution in [3.05, 3.63) is 12.2 Å². The molecule has 7 heteroatoms. The van der Waals surface area contributed by atoms with Gasteiger partial charge in [0.15, 0.2) is 0 Å². The maximum Gasteiger partial charge on any atom is 0.410 e. The third-order valence-corrected chi connectivity index (χ3v) is 9.15. The minimum Gasteiger partial charge on any atom is -0.349 e. The molecule has 2 amide bonds. The zero-order chi connectivity index (χ0) is 22.1. The molecule has 0 aromatic rings. The molecule has 3 saturated carbocycles. The fourth-order valence-corrected chi connectivity index (χ4v) is 7.23. The Labute approximate surface area is 176 Å². The molecule has 3 fully saturated rings. The largest absolute Gasteiger partial charge is 0.410 e. The lowest BCUT2D eigenvalue weighted by molar-refractivity contribution is -0.190. The molecular formula is C23H33F3N2O2. The lowest BCUT2D eigenvalue weighted by Crippen LogP contribution is -2.60. The lowest BCUT2D eigenvalue weighted by Gasteiger charge is -2.58. The minimum absolute atomic E-state index is 0.0264. The summed E-state index contributed by atoms with van der Waals surface area (Å²) in [4.78, 5) is 24.8. The molecule has 7 atom stereocenters. The number of nitrogens with one attached hydrogen (secondary N) is 2. The van der Waals surface area contributed by atoms with Gasteiger partial charge in [0.05, 0.1) is 0 Å². The zero-order valence-electron chi connectivity index (χ0n) is 18.2. The first-order valence-electron chi connectivity index (χ1n) is 11.2. The highest BCUT2D eigenvalue weighted by atomic mass is 19.4. The van der Waals surface area contributed by atoms with E-state index in [0.717, 1.165) is 46.0 Å². The van der Waals surface area contributed by atoms with E-state index in [-0.39, 0.29) is 28.7 Å². The van der Waals surface area contributed by atoms with Gasteiger partial charge in [-0.05, 0) is 81.6 Å². The molecule has 0 radical (unpaired) electrons. The Morgan fingerprint density at radius 2 is 1.80 bits per heavy atom. The van der Waals surface area contributed by atoms with Crippen molar-refractivity contribution in [1.82, 2.24) is 10.6 Å². The van der Waals surface area contributed by atoms with Crippen LogP contribution < -0.4 is 10.6 Å². The van der Waals surface area contributed by atoms with Gasteiger partial charge in [0.1, 0.15) is 5.54 Å². The number of hydrogen-bond donors (Lipinski definition) is 2. The number of alkyl halides is 3. The van der Waals surface area contributed by atoms with Gasteiger partial charge in [0.2, 0.25) is 11.8 Å². The third kappa shape index (κ3) is 3.10. The van der Waals surface area contributed by atoms with E-state index in [1.807, 2.05) is 0 Å². The standard InChI is InChI=1S/C23H33F3N2O2/c1-20(2,23(24,25)26)28-19(30)16-7-6-14-13-5-8-17-22(4,12-10-18(29)27-17)15(13)9-11-21(14,16)3/h10,12-17H,5-9,11H2,1-4H3,(H,27,29)(H,28,30)/t13-,14-,15-,16+,17+,21-,22+/m0/s1. The summed E-state index contributed by atoms with van der Waals surface area (Å²) in [7, 11) is 0. The minimum atomic E-state index is -4.48. The summed E-state index contributed by atoms with van der Waals surface area (Å²) in [5.74, 6) is 0.353. The van der Waals surface area contributed by atoms with Gasteiger partial charge in [0.25, 0.3) is 0 Å². The highest BCUT2D eigenvalue weighted by Crippen LogP contribution is 2.65. The second kappa shape index (κ2) is 6.73. The topological polar surface area (TPSA) is 58.2 Å². The third-order valence-electron chi connectivity index (χ3n) is 9.15. The summed E-state index contributed by atoms with van der Waals surface area (Å²) in [6.07, 6.45) is 4.49. The average Bonchev–Trinajstić information content (AvgIpc) is 2.98. The van der Waals surface area contributed by atoms with Crippen molar-refractivity contribution in [2.45, 2.75) is 84.0 Å². The molecule has 4 rings (SSSR count). The second-order valence-electron chi connectivity index (χ2n) is 11.0. The summed E-state index contributed by atoms with van der Waals surface area (Å²) >= 11 is 0. The summed E-state index contributed by atoms with van der Waals surface area (Å²) in [6, 6.07) is 0.147. The van der Waals surface area contributed by atoms with Gasteiger partial charge in [-0.1, -0.05) is 19.9 Å². The van der Waals surface area contributed by atoms with E-state index in [2.05, 4.69) is 30.6 Å². The van der Waals surface area contributed by atoms with Crippen LogP contribution in [0.5, 0.6) is 0 Å². The zero-order valence-corrected chi connectivity index (χ0v) is 18.2. The van der Waals surface area contributed by atoms with Gasteiger partial charge in [-0.3, -0.25) is 9.59 Å². The number of carbonyl (C=O) groups excluding carboxylic acids is 2. The van der Waals surface area contributed by atoms with Crippen LogP contribution in [0.1, 0.15) is 66.2 Å². The number of rotatable bonds is 2. The number of fused-ring (bicyclic) bond motifs is 5. The van der Waals surface area contributed by atoms with Crippen LogP contribution in [0.25, 0.3) is 0 Å². The van der Waals surface area contributed by atoms with Crippen LogP contribution in [0.15, 0.2) is 12.2 Å². The lowest BCUT2D eigenvalue weighted by atomic mass is 9.48. The molecule has 0 unspecified atom stereocenters. The van der Waals surface area contributed by atoms with E-state index in [0.29, 0.717) is 24.2 Å². The molecule has 0 aromatic heterocycles. The normalized spacial score (nSPS) is 43.3. The van der Waals surface area contributed by atoms with Crippen molar-refractivity contribution in [3.8, 4) is 0 Å². The van der Waals surface area contributed by atoms with Crippen molar-refractivity contribution in [2.24, 2.45) is 34.5 Å². The average molecular weight is 427 g/mol. The van der Waals surface area contributed by atoms with E-state index in [9.17, 15) is 22.8 Å². The van der Waals surface area contributed by atoms with Gasteiger partial charge < -0.3 is 10.6 Å². The van der Waals surface area contributed by atoms with Gasteiger partial charge >= 0.3 is 6.18 Å². The van der Waals surface area contributed by atoms with Crippen molar-refractivity contribution in [2.75, 3.05) is 0 Å². The molecule has 0 spiro atoms. The molecule has 1 heterocycles. The monoisotopic (exact) mass is 426 g/mol. The maximum atomic E-state index is 13.3. The van der Waals surface area contributed by atoms with Crippen LogP contribution in [0.3, 0.4) is 0 Å². The fraction of sp³-hybridized carbons (Fsp3) is 0.826. The van der Waals surface area contributed by atoms with Crippen LogP contribution in [0.2, 0.25) is 0 Å². The molecule has 30 heavy (non-hydrogen) atoms. The molecule has 4 aliphatic rings. The highest BCUT2D eigenvalue weighted by molar-refractivity contribution is 5.89. The Kier molecular flexibility index (Phi) is 4.87. The molecule has 2 N–H and O–H groups in total. The highest BCUT2D eigenvalue weighted by Gasteiger charge is 2.61. The Balaban J connectivity index is 1.55. The predicted octanol–water partition coefficient (Wildman–Crippen LogP) is 4.36. The van der Waals surface area contributed by atoms with E-state index >= 15 is 0 Å². The molecule has 0 bridgehead atoms. The van der Waals surface area contributed by atoms with Crippen molar-refractivity contribution >= 4 is 11.8 Å². The van der Waals surface area contributed by atoms with Gasteiger partial charge in [-0.25, -0.2) is 0 Å². The quantitative estimate of drug-likeness (QED) is 0.689. The van der Waals surface area contributed by atoms with Crippen LogP contribution in [0.4, 0.5) is 13.2 Å². The SMILES string of the molecule is CC(C)(NC(=O)[C@H]1CC[C@H]2[C@@H]3CC[C@H]4NC(=O)C=C[C@]4(C)[C@H]3CC[C@]12C)C(F)(F)F. The molecule has 0 saturated heterocycles. The molecule has 168 valence electrons. The van der Waals surface area contributed by atoms with Crippen molar-refractivity contribution in [1.29, 1.82) is 0 Å². The molecule has 0 aromatic carbocycles. The van der Waals surface area contributed by atoms with Crippen LogP contribution >= 0.6 is 0 Å². The number of carbonyl (C=O) groups is 2. The Morgan fingerprint density at radius 1 is 1.10 bits per heavy atom. The maximum absolute atomic E-state index is 13.3. The van der Waals surface area contributed by atoms with Gasteiger partial charge in [0, 0.05) is 17.4 Å². The molecule has 1 aliphatic heterocycles. The first-order chi connectivity index (χ1) is 13.8. The second-order valence-corrected chi connectivity index (χ2v) is 11.0. The number of hydrogen-bond acceptors (Lipinski definition) is 2.